The minimum atomic E-state index is 0.0626. The molecule has 1 amide bonds. The number of rotatable bonds is 5. The van der Waals surface area contributed by atoms with Gasteiger partial charge in [-0.15, -0.1) is 0 Å². The van der Waals surface area contributed by atoms with E-state index in [0.29, 0.717) is 5.92 Å². The van der Waals surface area contributed by atoms with Crippen molar-refractivity contribution in [2.45, 2.75) is 12.8 Å². The Morgan fingerprint density at radius 2 is 2.26 bits per heavy atom. The third kappa shape index (κ3) is 3.56. The van der Waals surface area contributed by atoms with Crippen LogP contribution in [0.4, 0.5) is 0 Å². The smallest absolute Gasteiger partial charge is 0.248 e. The van der Waals surface area contributed by atoms with Crippen molar-refractivity contribution in [3.8, 4) is 11.4 Å². The van der Waals surface area contributed by atoms with Crippen LogP contribution >= 0.6 is 0 Å². The van der Waals surface area contributed by atoms with Crippen LogP contribution in [0.15, 0.2) is 24.7 Å². The maximum Gasteiger partial charge on any atom is 0.248 e. The van der Waals surface area contributed by atoms with Crippen LogP contribution in [0.3, 0.4) is 0 Å². The monoisotopic (exact) mass is 315 g/mol. The minimum Gasteiger partial charge on any atom is -0.375 e. The molecule has 2 aromatic rings. The number of amides is 1. The van der Waals surface area contributed by atoms with Gasteiger partial charge in [-0.05, 0) is 24.8 Å². The molecule has 3 rings (SSSR count). The lowest BCUT2D eigenvalue weighted by molar-refractivity contribution is -0.134. The van der Waals surface area contributed by atoms with E-state index in [1.54, 1.807) is 24.2 Å². The second kappa shape index (κ2) is 6.87. The van der Waals surface area contributed by atoms with Gasteiger partial charge in [0.05, 0.1) is 17.6 Å². The van der Waals surface area contributed by atoms with Crippen molar-refractivity contribution in [1.29, 1.82) is 0 Å². The Labute approximate surface area is 135 Å². The van der Waals surface area contributed by atoms with E-state index in [0.717, 1.165) is 43.0 Å². The molecule has 0 N–H and O–H groups in total. The summed E-state index contributed by atoms with van der Waals surface area (Å²) in [6.07, 6.45) is 7.20. The fourth-order valence-corrected chi connectivity index (χ4v) is 2.95. The number of nitrogens with zero attached hydrogens (tertiary/aromatic N) is 5. The van der Waals surface area contributed by atoms with Crippen LogP contribution in [0, 0.1) is 5.92 Å². The summed E-state index contributed by atoms with van der Waals surface area (Å²) < 4.78 is 6.68. The first-order valence-electron chi connectivity index (χ1n) is 7.73. The zero-order valence-corrected chi connectivity index (χ0v) is 13.5. The van der Waals surface area contributed by atoms with Gasteiger partial charge in [-0.25, -0.2) is 0 Å². The van der Waals surface area contributed by atoms with E-state index in [9.17, 15) is 4.79 Å². The predicted molar refractivity (Wildman–Crippen MR) is 84.5 cm³/mol. The largest absolute Gasteiger partial charge is 0.375 e. The zero-order chi connectivity index (χ0) is 16.2. The number of carbonyl (C=O) groups is 1. The van der Waals surface area contributed by atoms with Crippen LogP contribution in [-0.2, 0) is 23.0 Å². The van der Waals surface area contributed by atoms with Crippen molar-refractivity contribution in [2.75, 3.05) is 26.8 Å². The molecule has 3 heterocycles. The molecule has 0 saturated carbocycles. The Bertz CT molecular complexity index is 667. The van der Waals surface area contributed by atoms with Crippen LogP contribution in [-0.4, -0.2) is 57.4 Å². The van der Waals surface area contributed by atoms with E-state index in [4.69, 9.17) is 4.74 Å². The van der Waals surface area contributed by atoms with Crippen LogP contribution in [0.25, 0.3) is 11.4 Å². The number of aryl methyl sites for hydroxylation is 1. The molecule has 122 valence electrons. The summed E-state index contributed by atoms with van der Waals surface area (Å²) in [6.45, 7) is 1.73. The van der Waals surface area contributed by atoms with Crippen molar-refractivity contribution in [3.05, 3.63) is 30.4 Å². The molecular weight excluding hydrogens is 294 g/mol. The van der Waals surface area contributed by atoms with Crippen LogP contribution in [0.5, 0.6) is 0 Å². The Morgan fingerprint density at radius 1 is 1.39 bits per heavy atom. The summed E-state index contributed by atoms with van der Waals surface area (Å²) in [7, 11) is 3.43. The number of hydrogen-bond donors (Lipinski definition) is 0. The Morgan fingerprint density at radius 3 is 2.91 bits per heavy atom. The fraction of sp³-hybridized carbons (Fsp3) is 0.500. The van der Waals surface area contributed by atoms with Gasteiger partial charge in [0, 0.05) is 39.6 Å². The van der Waals surface area contributed by atoms with Gasteiger partial charge in [0.1, 0.15) is 12.3 Å². The summed E-state index contributed by atoms with van der Waals surface area (Å²) in [4.78, 5) is 22.7. The zero-order valence-electron chi connectivity index (χ0n) is 13.5. The topological polar surface area (TPSA) is 73.1 Å². The van der Waals surface area contributed by atoms with Crippen LogP contribution in [0.1, 0.15) is 12.1 Å². The lowest BCUT2D eigenvalue weighted by Crippen LogP contribution is -2.31. The van der Waals surface area contributed by atoms with Crippen LogP contribution in [0.2, 0.25) is 0 Å². The number of carbonyl (C=O) groups excluding carboxylic acids is 1. The number of aromatic nitrogens is 4. The van der Waals surface area contributed by atoms with E-state index in [1.165, 1.54) is 0 Å². The fourth-order valence-electron chi connectivity index (χ4n) is 2.95. The summed E-state index contributed by atoms with van der Waals surface area (Å²) >= 11 is 0. The lowest BCUT2D eigenvalue weighted by Gasteiger charge is -2.15. The SMILES string of the molecule is COCC(=O)N1CC[C@@H](Cc2cnc(-c3ccnn3C)cn2)C1. The minimum absolute atomic E-state index is 0.0626. The average molecular weight is 315 g/mol. The summed E-state index contributed by atoms with van der Waals surface area (Å²) in [5.41, 5.74) is 2.72. The van der Waals surface area contributed by atoms with Crippen molar-refractivity contribution in [3.63, 3.8) is 0 Å². The highest BCUT2D eigenvalue weighted by Crippen LogP contribution is 2.21. The first-order chi connectivity index (χ1) is 11.2. The molecule has 0 spiro atoms. The van der Waals surface area contributed by atoms with E-state index in [1.807, 2.05) is 24.2 Å². The lowest BCUT2D eigenvalue weighted by atomic mass is 10.0. The summed E-state index contributed by atoms with van der Waals surface area (Å²) in [6, 6.07) is 1.92. The molecule has 0 aliphatic carbocycles. The van der Waals surface area contributed by atoms with Crippen molar-refractivity contribution in [1.82, 2.24) is 24.6 Å². The molecule has 2 aromatic heterocycles. The summed E-state index contributed by atoms with van der Waals surface area (Å²) in [5, 5.41) is 4.14. The van der Waals surface area contributed by atoms with Gasteiger partial charge in [0.25, 0.3) is 0 Å². The van der Waals surface area contributed by atoms with Crippen molar-refractivity contribution >= 4 is 5.91 Å². The molecule has 23 heavy (non-hydrogen) atoms. The quantitative estimate of drug-likeness (QED) is 0.820. The van der Waals surface area contributed by atoms with Gasteiger partial charge in [-0.1, -0.05) is 0 Å². The van der Waals surface area contributed by atoms with Gasteiger partial charge >= 0.3 is 0 Å². The molecule has 1 saturated heterocycles. The number of ether oxygens (including phenoxy) is 1. The van der Waals surface area contributed by atoms with Gasteiger partial charge < -0.3 is 9.64 Å². The highest BCUT2D eigenvalue weighted by Gasteiger charge is 2.26. The third-order valence-electron chi connectivity index (χ3n) is 4.19. The second-order valence-electron chi connectivity index (χ2n) is 5.86. The van der Waals surface area contributed by atoms with Gasteiger partial charge in [-0.2, -0.15) is 5.10 Å². The van der Waals surface area contributed by atoms with Gasteiger partial charge in [-0.3, -0.25) is 19.4 Å². The molecule has 0 radical (unpaired) electrons. The standard InChI is InChI=1S/C16H21N5O2/c1-20-15(3-5-19-20)14-9-17-13(8-18-14)7-12-4-6-21(10-12)16(22)11-23-2/h3,5,8-9,12H,4,6-7,10-11H2,1-2H3/t12-/m0/s1. The first kappa shape index (κ1) is 15.6. The molecule has 7 heteroatoms. The highest BCUT2D eigenvalue weighted by atomic mass is 16.5. The van der Waals surface area contributed by atoms with E-state index in [-0.39, 0.29) is 12.5 Å². The number of hydrogen-bond acceptors (Lipinski definition) is 5. The number of methoxy groups -OCH3 is 1. The van der Waals surface area contributed by atoms with Crippen molar-refractivity contribution < 1.29 is 9.53 Å². The van der Waals surface area contributed by atoms with Gasteiger partial charge in [0.2, 0.25) is 5.91 Å². The third-order valence-corrected chi connectivity index (χ3v) is 4.19. The number of likely N-dealkylation sites (tertiary alicyclic amines) is 1. The molecule has 0 unspecified atom stereocenters. The van der Waals surface area contributed by atoms with Crippen molar-refractivity contribution in [2.24, 2.45) is 13.0 Å². The van der Waals surface area contributed by atoms with Gasteiger partial charge in [0.15, 0.2) is 0 Å². The van der Waals surface area contributed by atoms with E-state index < -0.39 is 0 Å². The molecular formula is C16H21N5O2. The molecule has 1 aliphatic heterocycles. The molecule has 1 aliphatic rings. The van der Waals surface area contributed by atoms with Crippen LogP contribution < -0.4 is 0 Å². The maximum absolute atomic E-state index is 11.8. The molecule has 0 bridgehead atoms. The average Bonchev–Trinajstić information content (AvgIpc) is 3.18. The Kier molecular flexibility index (Phi) is 4.66. The normalized spacial score (nSPS) is 17.7. The Hall–Kier alpha value is -2.28. The molecule has 1 fully saturated rings. The molecule has 7 nitrogen and oxygen atoms in total. The predicted octanol–water partition coefficient (Wildman–Crippen LogP) is 0.914. The highest BCUT2D eigenvalue weighted by molar-refractivity contribution is 5.77. The molecule has 0 aromatic carbocycles. The maximum atomic E-state index is 11.8. The Balaban J connectivity index is 1.59. The molecule has 1 atom stereocenters. The van der Waals surface area contributed by atoms with E-state index >= 15 is 0 Å². The first-order valence-corrected chi connectivity index (χ1v) is 7.73. The summed E-state index contributed by atoms with van der Waals surface area (Å²) in [5.74, 6) is 0.500. The van der Waals surface area contributed by atoms with E-state index in [2.05, 4.69) is 15.1 Å². The second-order valence-corrected chi connectivity index (χ2v) is 5.86.